The number of alkyl carbamates (subject to hydrolysis) is 1. The van der Waals surface area contributed by atoms with E-state index < -0.39 is 12.2 Å². The lowest BCUT2D eigenvalue weighted by atomic mass is 10.2. The summed E-state index contributed by atoms with van der Waals surface area (Å²) in [5, 5.41) is 2.99. The first-order chi connectivity index (χ1) is 9.11. The van der Waals surface area contributed by atoms with Crippen molar-refractivity contribution in [3.8, 4) is 0 Å². The number of carbonyl (C=O) groups is 2. The highest BCUT2D eigenvalue weighted by Gasteiger charge is 2.12. The van der Waals surface area contributed by atoms with Crippen LogP contribution in [-0.2, 0) is 20.9 Å². The average molecular weight is 330 g/mol. The molecule has 0 fully saturated rings. The number of amides is 1. The molecule has 0 aliphatic heterocycles. The third-order valence-electron chi connectivity index (χ3n) is 2.19. The molecule has 104 valence electrons. The van der Waals surface area contributed by atoms with Gasteiger partial charge in [0.05, 0.1) is 6.54 Å². The second-order valence-electron chi connectivity index (χ2n) is 3.83. The number of rotatable bonds is 6. The van der Waals surface area contributed by atoms with Crippen LogP contribution in [0.2, 0.25) is 0 Å². The van der Waals surface area contributed by atoms with Crippen LogP contribution in [0.25, 0.3) is 0 Å². The Balaban J connectivity index is 2.25. The summed E-state index contributed by atoms with van der Waals surface area (Å²) in [5.74, 6) is -0.385. The van der Waals surface area contributed by atoms with Gasteiger partial charge in [0, 0.05) is 12.3 Å². The zero-order valence-corrected chi connectivity index (χ0v) is 12.2. The lowest BCUT2D eigenvalue weighted by Crippen LogP contribution is -2.35. The van der Waals surface area contributed by atoms with Gasteiger partial charge < -0.3 is 14.8 Å². The molecule has 0 aliphatic rings. The Morgan fingerprint density at radius 2 is 2.00 bits per heavy atom. The fourth-order valence-corrected chi connectivity index (χ4v) is 1.69. The van der Waals surface area contributed by atoms with Gasteiger partial charge in [-0.3, -0.25) is 4.79 Å². The number of hydrogen-bond donors (Lipinski definition) is 1. The molecule has 0 bridgehead atoms. The second kappa shape index (κ2) is 8.53. The minimum Gasteiger partial charge on any atom is -0.460 e. The highest BCUT2D eigenvalue weighted by atomic mass is 79.9. The van der Waals surface area contributed by atoms with Crippen molar-refractivity contribution in [3.63, 3.8) is 0 Å². The first-order valence-electron chi connectivity index (χ1n) is 5.79. The van der Waals surface area contributed by atoms with E-state index in [9.17, 15) is 9.59 Å². The van der Waals surface area contributed by atoms with E-state index in [1.807, 2.05) is 30.3 Å². The Labute approximate surface area is 120 Å². The summed E-state index contributed by atoms with van der Waals surface area (Å²) in [6, 6.07) is 9.38. The van der Waals surface area contributed by atoms with Crippen LogP contribution in [0.4, 0.5) is 4.79 Å². The number of hydrogen-bond acceptors (Lipinski definition) is 4. The summed E-state index contributed by atoms with van der Waals surface area (Å²) < 4.78 is 9.98. The summed E-state index contributed by atoms with van der Waals surface area (Å²) in [7, 11) is 0. The van der Waals surface area contributed by atoms with Crippen molar-refractivity contribution in [2.45, 2.75) is 19.6 Å². The topological polar surface area (TPSA) is 64.6 Å². The van der Waals surface area contributed by atoms with Crippen LogP contribution in [0.5, 0.6) is 0 Å². The summed E-state index contributed by atoms with van der Waals surface area (Å²) in [4.78, 5) is 22.2. The SMILES string of the molecule is CC(=O)OC(CBr)CNC(=O)OCc1ccccc1. The van der Waals surface area contributed by atoms with Crippen LogP contribution in [0.1, 0.15) is 12.5 Å². The molecule has 0 saturated heterocycles. The van der Waals surface area contributed by atoms with Crippen molar-refractivity contribution in [2.24, 2.45) is 0 Å². The van der Waals surface area contributed by atoms with Gasteiger partial charge in [0.2, 0.25) is 0 Å². The van der Waals surface area contributed by atoms with Crippen LogP contribution < -0.4 is 5.32 Å². The van der Waals surface area contributed by atoms with Gasteiger partial charge in [0.15, 0.2) is 0 Å². The summed E-state index contributed by atoms with van der Waals surface area (Å²) in [6.45, 7) is 1.74. The Hall–Kier alpha value is -1.56. The standard InChI is InChI=1S/C13H16BrNO4/c1-10(16)19-12(7-14)8-15-13(17)18-9-11-5-3-2-4-6-11/h2-6,12H,7-9H2,1H3,(H,15,17). The van der Waals surface area contributed by atoms with E-state index in [0.717, 1.165) is 5.56 Å². The molecular formula is C13H16BrNO4. The smallest absolute Gasteiger partial charge is 0.407 e. The Morgan fingerprint density at radius 3 is 2.58 bits per heavy atom. The average Bonchev–Trinajstić information content (AvgIpc) is 2.42. The minimum atomic E-state index is -0.540. The van der Waals surface area contributed by atoms with Gasteiger partial charge in [-0.1, -0.05) is 46.3 Å². The zero-order valence-electron chi connectivity index (χ0n) is 10.6. The largest absolute Gasteiger partial charge is 0.460 e. The molecule has 19 heavy (non-hydrogen) atoms. The molecule has 1 N–H and O–H groups in total. The van der Waals surface area contributed by atoms with Crippen molar-refractivity contribution < 1.29 is 19.1 Å². The molecular weight excluding hydrogens is 314 g/mol. The fourth-order valence-electron chi connectivity index (χ4n) is 1.33. The van der Waals surface area contributed by atoms with Gasteiger partial charge in [-0.25, -0.2) is 4.79 Å². The van der Waals surface area contributed by atoms with Crippen molar-refractivity contribution >= 4 is 28.0 Å². The monoisotopic (exact) mass is 329 g/mol. The van der Waals surface area contributed by atoms with Crippen molar-refractivity contribution in [1.82, 2.24) is 5.32 Å². The normalized spacial score (nSPS) is 11.5. The Kier molecular flexibility index (Phi) is 6.95. The molecule has 0 radical (unpaired) electrons. The summed E-state index contributed by atoms with van der Waals surface area (Å²) >= 11 is 3.20. The number of halogens is 1. The molecule has 0 aliphatic carbocycles. The van der Waals surface area contributed by atoms with E-state index >= 15 is 0 Å². The van der Waals surface area contributed by atoms with Gasteiger partial charge in [0.25, 0.3) is 0 Å². The highest BCUT2D eigenvalue weighted by Crippen LogP contribution is 2.01. The molecule has 6 heteroatoms. The number of esters is 1. The zero-order chi connectivity index (χ0) is 14.1. The number of carbonyl (C=O) groups excluding carboxylic acids is 2. The van der Waals surface area contributed by atoms with E-state index in [1.165, 1.54) is 6.92 Å². The first kappa shape index (κ1) is 15.5. The fraction of sp³-hybridized carbons (Fsp3) is 0.385. The number of ether oxygens (including phenoxy) is 2. The third kappa shape index (κ3) is 6.81. The van der Waals surface area contributed by atoms with Gasteiger partial charge in [-0.15, -0.1) is 0 Å². The molecule has 0 aromatic heterocycles. The maximum atomic E-state index is 11.4. The Bertz CT molecular complexity index is 410. The van der Waals surface area contributed by atoms with E-state index in [-0.39, 0.29) is 19.1 Å². The number of alkyl halides is 1. The molecule has 1 aromatic carbocycles. The first-order valence-corrected chi connectivity index (χ1v) is 6.91. The van der Waals surface area contributed by atoms with E-state index in [4.69, 9.17) is 9.47 Å². The van der Waals surface area contributed by atoms with E-state index in [2.05, 4.69) is 21.2 Å². The highest BCUT2D eigenvalue weighted by molar-refractivity contribution is 9.09. The van der Waals surface area contributed by atoms with Crippen LogP contribution in [-0.4, -0.2) is 30.0 Å². The number of benzene rings is 1. The van der Waals surface area contributed by atoms with E-state index in [1.54, 1.807) is 0 Å². The third-order valence-corrected chi connectivity index (χ3v) is 2.91. The van der Waals surface area contributed by atoms with Crippen LogP contribution in [0, 0.1) is 0 Å². The van der Waals surface area contributed by atoms with Gasteiger partial charge >= 0.3 is 12.1 Å². The lowest BCUT2D eigenvalue weighted by molar-refractivity contribution is -0.144. The molecule has 0 heterocycles. The van der Waals surface area contributed by atoms with Gasteiger partial charge in [0.1, 0.15) is 12.7 Å². The van der Waals surface area contributed by atoms with Crippen molar-refractivity contribution in [3.05, 3.63) is 35.9 Å². The lowest BCUT2D eigenvalue weighted by Gasteiger charge is -2.15. The van der Waals surface area contributed by atoms with Crippen molar-refractivity contribution in [2.75, 3.05) is 11.9 Å². The van der Waals surface area contributed by atoms with Gasteiger partial charge in [-0.05, 0) is 5.56 Å². The molecule has 1 rings (SSSR count). The number of nitrogens with one attached hydrogen (secondary N) is 1. The summed E-state index contributed by atoms with van der Waals surface area (Å²) in [6.07, 6.45) is -0.941. The van der Waals surface area contributed by atoms with Crippen LogP contribution >= 0.6 is 15.9 Å². The molecule has 1 aromatic rings. The molecule has 0 saturated carbocycles. The van der Waals surface area contributed by atoms with Crippen LogP contribution in [0.15, 0.2) is 30.3 Å². The molecule has 5 nitrogen and oxygen atoms in total. The van der Waals surface area contributed by atoms with Crippen molar-refractivity contribution in [1.29, 1.82) is 0 Å². The predicted molar refractivity (Wildman–Crippen MR) is 74.0 cm³/mol. The van der Waals surface area contributed by atoms with Gasteiger partial charge in [-0.2, -0.15) is 0 Å². The molecule has 1 amide bonds. The molecule has 1 atom stereocenters. The van der Waals surface area contributed by atoms with Crippen LogP contribution in [0.3, 0.4) is 0 Å². The molecule has 1 unspecified atom stereocenters. The predicted octanol–water partition coefficient (Wildman–Crippen LogP) is 2.24. The molecule has 0 spiro atoms. The maximum Gasteiger partial charge on any atom is 0.407 e. The summed E-state index contributed by atoms with van der Waals surface area (Å²) in [5.41, 5.74) is 0.912. The Morgan fingerprint density at radius 1 is 1.32 bits per heavy atom. The second-order valence-corrected chi connectivity index (χ2v) is 4.48. The minimum absolute atomic E-state index is 0.207. The quantitative estimate of drug-likeness (QED) is 0.642. The maximum absolute atomic E-state index is 11.4. The van der Waals surface area contributed by atoms with E-state index in [0.29, 0.717) is 5.33 Å².